The number of carbonyl (C=O) groups excluding carboxylic acids is 1. The molecule has 0 radical (unpaired) electrons. The largest absolute Gasteiger partial charge is 0.480 e. The molecule has 2 amide bonds. The molecule has 0 bridgehead atoms. The third kappa shape index (κ3) is 4.87. The lowest BCUT2D eigenvalue weighted by Gasteiger charge is -2.30. The van der Waals surface area contributed by atoms with Crippen LogP contribution in [0.25, 0.3) is 0 Å². The number of carboxylic acids is 1. The minimum Gasteiger partial charge on any atom is -0.480 e. The molecule has 2 N–H and O–H groups in total. The summed E-state index contributed by atoms with van der Waals surface area (Å²) in [6.07, 6.45) is 7.52. The van der Waals surface area contributed by atoms with E-state index >= 15 is 0 Å². The van der Waals surface area contributed by atoms with E-state index in [1.807, 2.05) is 6.92 Å². The number of aliphatic carboxylic acids is 1. The summed E-state index contributed by atoms with van der Waals surface area (Å²) in [5.41, 5.74) is 0. The average Bonchev–Trinajstić information content (AvgIpc) is 2.45. The molecule has 1 saturated carbocycles. The van der Waals surface area contributed by atoms with E-state index in [4.69, 9.17) is 0 Å². The summed E-state index contributed by atoms with van der Waals surface area (Å²) in [5.74, 6) is -0.877. The van der Waals surface area contributed by atoms with Crippen molar-refractivity contribution in [1.29, 1.82) is 0 Å². The first-order valence-corrected chi connectivity index (χ1v) is 7.49. The molecule has 1 rings (SSSR count). The summed E-state index contributed by atoms with van der Waals surface area (Å²) in [6.45, 7) is 6.66. The summed E-state index contributed by atoms with van der Waals surface area (Å²) in [6, 6.07) is -1.07. The molecule has 1 atom stereocenters. The van der Waals surface area contributed by atoms with Gasteiger partial charge in [-0.15, -0.1) is 6.58 Å². The Kier molecular flexibility index (Phi) is 7.12. The van der Waals surface area contributed by atoms with Crippen molar-refractivity contribution in [3.05, 3.63) is 12.7 Å². The third-order valence-corrected chi connectivity index (χ3v) is 3.80. The molecule has 1 aliphatic carbocycles. The van der Waals surface area contributed by atoms with E-state index in [1.54, 1.807) is 11.0 Å². The maximum atomic E-state index is 12.2. The van der Waals surface area contributed by atoms with Gasteiger partial charge in [0.25, 0.3) is 0 Å². The van der Waals surface area contributed by atoms with Crippen molar-refractivity contribution < 1.29 is 14.7 Å². The first-order valence-electron chi connectivity index (χ1n) is 7.49. The van der Waals surface area contributed by atoms with E-state index < -0.39 is 12.0 Å². The van der Waals surface area contributed by atoms with Gasteiger partial charge in [-0.3, -0.25) is 0 Å². The second-order valence-corrected chi connectivity index (χ2v) is 5.40. The molecule has 0 heterocycles. The number of nitrogens with zero attached hydrogens (tertiary/aromatic N) is 1. The highest BCUT2D eigenvalue weighted by Gasteiger charge is 2.31. The number of hydrogen-bond donors (Lipinski definition) is 2. The lowest BCUT2D eigenvalue weighted by atomic mass is 9.84. The SMILES string of the molecule is C=CCN(CCC)C(=O)NC(C(=O)O)C1CCCCC1. The van der Waals surface area contributed by atoms with Crippen LogP contribution in [0, 0.1) is 5.92 Å². The van der Waals surface area contributed by atoms with Crippen molar-refractivity contribution in [3.63, 3.8) is 0 Å². The molecule has 114 valence electrons. The predicted molar refractivity (Wildman–Crippen MR) is 78.6 cm³/mol. The van der Waals surface area contributed by atoms with Gasteiger partial charge >= 0.3 is 12.0 Å². The van der Waals surface area contributed by atoms with Gasteiger partial charge in [0.2, 0.25) is 0 Å². The molecule has 5 heteroatoms. The monoisotopic (exact) mass is 282 g/mol. The van der Waals surface area contributed by atoms with Crippen LogP contribution in [-0.2, 0) is 4.79 Å². The van der Waals surface area contributed by atoms with Crippen LogP contribution in [0.1, 0.15) is 45.4 Å². The lowest BCUT2D eigenvalue weighted by Crippen LogP contribution is -2.51. The second-order valence-electron chi connectivity index (χ2n) is 5.40. The third-order valence-electron chi connectivity index (χ3n) is 3.80. The Balaban J connectivity index is 2.65. The molecule has 5 nitrogen and oxygen atoms in total. The number of amides is 2. The highest BCUT2D eigenvalue weighted by atomic mass is 16.4. The Morgan fingerprint density at radius 1 is 1.40 bits per heavy atom. The molecule has 0 aromatic heterocycles. The van der Waals surface area contributed by atoms with Crippen molar-refractivity contribution >= 4 is 12.0 Å². The number of urea groups is 1. The minimum absolute atomic E-state index is 0.0532. The van der Waals surface area contributed by atoms with E-state index in [0.29, 0.717) is 13.1 Å². The molecule has 1 aliphatic rings. The Morgan fingerprint density at radius 3 is 2.55 bits per heavy atom. The van der Waals surface area contributed by atoms with Crippen LogP contribution < -0.4 is 5.32 Å². The number of carbonyl (C=O) groups is 2. The molecule has 20 heavy (non-hydrogen) atoms. The molecule has 0 spiro atoms. The van der Waals surface area contributed by atoms with E-state index in [9.17, 15) is 14.7 Å². The van der Waals surface area contributed by atoms with Gasteiger partial charge < -0.3 is 15.3 Å². The normalized spacial score (nSPS) is 17.2. The number of nitrogens with one attached hydrogen (secondary N) is 1. The van der Waals surface area contributed by atoms with E-state index in [2.05, 4.69) is 11.9 Å². The summed E-state index contributed by atoms with van der Waals surface area (Å²) in [4.78, 5) is 25.2. The van der Waals surface area contributed by atoms with Gasteiger partial charge in [0.1, 0.15) is 6.04 Å². The molecule has 0 aromatic carbocycles. The number of rotatable bonds is 7. The van der Waals surface area contributed by atoms with Crippen LogP contribution >= 0.6 is 0 Å². The quantitative estimate of drug-likeness (QED) is 0.705. The fourth-order valence-electron chi connectivity index (χ4n) is 2.77. The van der Waals surface area contributed by atoms with Crippen molar-refractivity contribution in [3.8, 4) is 0 Å². The predicted octanol–water partition coefficient (Wildman–Crippen LogP) is 2.63. The summed E-state index contributed by atoms with van der Waals surface area (Å²) < 4.78 is 0. The first-order chi connectivity index (χ1) is 9.60. The standard InChI is InChI=1S/C15H26N2O3/c1-3-10-17(11-4-2)15(20)16-13(14(18)19)12-8-6-5-7-9-12/h3,12-13H,1,4-11H2,2H3,(H,16,20)(H,18,19). The smallest absolute Gasteiger partial charge is 0.326 e. The molecular weight excluding hydrogens is 256 g/mol. The fourth-order valence-corrected chi connectivity index (χ4v) is 2.77. The van der Waals surface area contributed by atoms with Gasteiger partial charge in [-0.05, 0) is 25.2 Å². The lowest BCUT2D eigenvalue weighted by molar-refractivity contribution is -0.141. The van der Waals surface area contributed by atoms with Crippen molar-refractivity contribution in [1.82, 2.24) is 10.2 Å². The van der Waals surface area contributed by atoms with Crippen LogP contribution in [0.2, 0.25) is 0 Å². The molecule has 0 aromatic rings. The topological polar surface area (TPSA) is 69.6 Å². The molecule has 0 aliphatic heterocycles. The van der Waals surface area contributed by atoms with E-state index in [0.717, 1.165) is 38.5 Å². The Morgan fingerprint density at radius 2 is 2.05 bits per heavy atom. The maximum absolute atomic E-state index is 12.2. The highest BCUT2D eigenvalue weighted by Crippen LogP contribution is 2.26. The van der Waals surface area contributed by atoms with Crippen LogP contribution in [0.5, 0.6) is 0 Å². The van der Waals surface area contributed by atoms with Crippen molar-refractivity contribution in [2.24, 2.45) is 5.92 Å². The van der Waals surface area contributed by atoms with Gasteiger partial charge in [0.05, 0.1) is 0 Å². The fraction of sp³-hybridized carbons (Fsp3) is 0.733. The highest BCUT2D eigenvalue weighted by molar-refractivity contribution is 5.82. The number of carboxylic acid groups (broad SMARTS) is 1. The first kappa shape index (κ1) is 16.5. The molecule has 1 fully saturated rings. The molecule has 1 unspecified atom stereocenters. The van der Waals surface area contributed by atoms with Gasteiger partial charge in [-0.2, -0.15) is 0 Å². The van der Waals surface area contributed by atoms with Gasteiger partial charge in [-0.25, -0.2) is 9.59 Å². The Labute approximate surface area is 121 Å². The Bertz CT molecular complexity index is 338. The molecular formula is C15H26N2O3. The average molecular weight is 282 g/mol. The summed E-state index contributed by atoms with van der Waals surface area (Å²) in [7, 11) is 0. The zero-order chi connectivity index (χ0) is 15.0. The van der Waals surface area contributed by atoms with Crippen LogP contribution in [0.4, 0.5) is 4.79 Å². The zero-order valence-corrected chi connectivity index (χ0v) is 12.3. The zero-order valence-electron chi connectivity index (χ0n) is 12.3. The maximum Gasteiger partial charge on any atom is 0.326 e. The summed E-state index contributed by atoms with van der Waals surface area (Å²) in [5, 5.41) is 12.1. The van der Waals surface area contributed by atoms with E-state index in [-0.39, 0.29) is 11.9 Å². The van der Waals surface area contributed by atoms with Gasteiger partial charge in [-0.1, -0.05) is 32.3 Å². The second kappa shape index (κ2) is 8.61. The van der Waals surface area contributed by atoms with Crippen molar-refractivity contribution in [2.75, 3.05) is 13.1 Å². The summed E-state index contributed by atoms with van der Waals surface area (Å²) >= 11 is 0. The number of hydrogen-bond acceptors (Lipinski definition) is 2. The molecule has 0 saturated heterocycles. The Hall–Kier alpha value is -1.52. The minimum atomic E-state index is -0.930. The van der Waals surface area contributed by atoms with Gasteiger partial charge in [0, 0.05) is 13.1 Å². The van der Waals surface area contributed by atoms with E-state index in [1.165, 1.54) is 0 Å². The van der Waals surface area contributed by atoms with Crippen LogP contribution in [0.3, 0.4) is 0 Å². The van der Waals surface area contributed by atoms with Crippen LogP contribution in [-0.4, -0.2) is 41.1 Å². The van der Waals surface area contributed by atoms with Crippen LogP contribution in [0.15, 0.2) is 12.7 Å². The van der Waals surface area contributed by atoms with Crippen molar-refractivity contribution in [2.45, 2.75) is 51.5 Å². The van der Waals surface area contributed by atoms with Gasteiger partial charge in [0.15, 0.2) is 0 Å².